The normalized spacial score (nSPS) is 18.3. The molecule has 29 heavy (non-hydrogen) atoms. The van der Waals surface area contributed by atoms with Crippen LogP contribution in [0.3, 0.4) is 0 Å². The lowest BCUT2D eigenvalue weighted by molar-refractivity contribution is 0.0512. The minimum absolute atomic E-state index is 0.0598. The Labute approximate surface area is 171 Å². The van der Waals surface area contributed by atoms with Crippen molar-refractivity contribution in [3.63, 3.8) is 0 Å². The van der Waals surface area contributed by atoms with Gasteiger partial charge in [-0.15, -0.1) is 0 Å². The molecule has 0 bridgehead atoms. The van der Waals surface area contributed by atoms with Crippen LogP contribution in [-0.2, 0) is 20.6 Å². The van der Waals surface area contributed by atoms with Gasteiger partial charge < -0.3 is 18.7 Å². The molecular weight excluding hydrogens is 402 g/mol. The Morgan fingerprint density at radius 2 is 2.10 bits per heavy atom. The Morgan fingerprint density at radius 1 is 1.31 bits per heavy atom. The van der Waals surface area contributed by atoms with Crippen molar-refractivity contribution < 1.29 is 33.1 Å². The zero-order valence-electron chi connectivity index (χ0n) is 15.6. The zero-order valence-corrected chi connectivity index (χ0v) is 16.4. The summed E-state index contributed by atoms with van der Waals surface area (Å²) in [7, 11) is 0. The van der Waals surface area contributed by atoms with Crippen molar-refractivity contribution in [3.8, 4) is 0 Å². The topological polar surface area (TPSA) is 105 Å². The molecular formula is C20H18ClNO7. The van der Waals surface area contributed by atoms with E-state index in [-0.39, 0.29) is 36.8 Å². The number of carbonyl (C=O) groups excluding carboxylic acids is 3. The van der Waals surface area contributed by atoms with Gasteiger partial charge in [0.2, 0.25) is 5.69 Å². The summed E-state index contributed by atoms with van der Waals surface area (Å²) in [5, 5.41) is 4.25. The van der Waals surface area contributed by atoms with Gasteiger partial charge in [0.25, 0.3) is 0 Å². The molecule has 1 aliphatic carbocycles. The third kappa shape index (κ3) is 3.98. The van der Waals surface area contributed by atoms with Crippen molar-refractivity contribution in [1.29, 1.82) is 0 Å². The van der Waals surface area contributed by atoms with Crippen molar-refractivity contribution >= 4 is 29.5 Å². The quantitative estimate of drug-likeness (QED) is 0.494. The molecule has 2 fully saturated rings. The number of rotatable bonds is 7. The van der Waals surface area contributed by atoms with Crippen molar-refractivity contribution in [3.05, 3.63) is 51.4 Å². The number of ketones is 1. The second-order valence-corrected chi connectivity index (χ2v) is 7.34. The molecule has 0 radical (unpaired) electrons. The first kappa shape index (κ1) is 19.4. The summed E-state index contributed by atoms with van der Waals surface area (Å²) in [5.74, 6) is -0.660. The third-order valence-corrected chi connectivity index (χ3v) is 5.01. The Morgan fingerprint density at radius 3 is 2.76 bits per heavy atom. The Kier molecular flexibility index (Phi) is 5.27. The summed E-state index contributed by atoms with van der Waals surface area (Å²) >= 11 is 6.12. The standard InChI is InChI=1S/C20H18ClNO7/c1-2-26-19(24)16-15(18(29-22-16)10-3-4-10)17(23)14-6-5-12(21)7-11(14)8-13-9-27-20(25)28-13/h5-7,10,13H,2-4,8-9H2,1H3. The first-order chi connectivity index (χ1) is 14.0. The van der Waals surface area contributed by atoms with Crippen LogP contribution < -0.4 is 0 Å². The molecule has 1 aromatic carbocycles. The molecule has 9 heteroatoms. The van der Waals surface area contributed by atoms with Crippen molar-refractivity contribution in [2.75, 3.05) is 13.2 Å². The third-order valence-electron chi connectivity index (χ3n) is 4.77. The molecule has 1 aliphatic heterocycles. The number of hydrogen-bond donors (Lipinski definition) is 0. The number of nitrogens with zero attached hydrogens (tertiary/aromatic N) is 1. The average molecular weight is 420 g/mol. The van der Waals surface area contributed by atoms with Crippen LogP contribution >= 0.6 is 11.6 Å². The molecule has 152 valence electrons. The van der Waals surface area contributed by atoms with Crippen molar-refractivity contribution in [1.82, 2.24) is 5.16 Å². The summed E-state index contributed by atoms with van der Waals surface area (Å²) in [6.45, 7) is 1.91. The molecule has 1 saturated heterocycles. The largest absolute Gasteiger partial charge is 0.508 e. The van der Waals surface area contributed by atoms with Crippen LogP contribution in [-0.4, -0.2) is 42.4 Å². The van der Waals surface area contributed by atoms with Crippen LogP contribution in [0.4, 0.5) is 4.79 Å². The predicted octanol–water partition coefficient (Wildman–Crippen LogP) is 3.69. The number of ether oxygens (including phenoxy) is 3. The Balaban J connectivity index is 1.72. The first-order valence-electron chi connectivity index (χ1n) is 9.31. The van der Waals surface area contributed by atoms with Gasteiger partial charge in [-0.1, -0.05) is 16.8 Å². The van der Waals surface area contributed by atoms with Gasteiger partial charge in [0.1, 0.15) is 18.3 Å². The summed E-state index contributed by atoms with van der Waals surface area (Å²) in [5.41, 5.74) is 0.890. The van der Waals surface area contributed by atoms with E-state index in [9.17, 15) is 14.4 Å². The minimum atomic E-state index is -0.746. The molecule has 8 nitrogen and oxygen atoms in total. The summed E-state index contributed by atoms with van der Waals surface area (Å²) in [6, 6.07) is 4.80. The second kappa shape index (κ2) is 7.87. The van der Waals surface area contributed by atoms with Crippen LogP contribution in [0.2, 0.25) is 5.02 Å². The Hall–Kier alpha value is -2.87. The number of cyclic esters (lactones) is 2. The van der Waals surface area contributed by atoms with Crippen LogP contribution in [0.25, 0.3) is 0 Å². The van der Waals surface area contributed by atoms with E-state index in [1.807, 2.05) is 0 Å². The number of carbonyl (C=O) groups is 3. The molecule has 1 atom stereocenters. The number of benzene rings is 1. The molecule has 2 aliphatic rings. The number of halogens is 1. The molecule has 0 amide bonds. The van der Waals surface area contributed by atoms with Gasteiger partial charge in [0.15, 0.2) is 11.5 Å². The van der Waals surface area contributed by atoms with Gasteiger partial charge >= 0.3 is 12.1 Å². The molecule has 1 unspecified atom stereocenters. The minimum Gasteiger partial charge on any atom is -0.461 e. The van der Waals surface area contributed by atoms with Crippen LogP contribution in [0.1, 0.15) is 63.4 Å². The number of esters is 1. The predicted molar refractivity (Wildman–Crippen MR) is 99.2 cm³/mol. The van der Waals surface area contributed by atoms with E-state index in [2.05, 4.69) is 5.16 Å². The van der Waals surface area contributed by atoms with Gasteiger partial charge in [-0.2, -0.15) is 0 Å². The second-order valence-electron chi connectivity index (χ2n) is 6.90. The first-order valence-corrected chi connectivity index (χ1v) is 9.69. The maximum absolute atomic E-state index is 13.5. The van der Waals surface area contributed by atoms with E-state index < -0.39 is 24.0 Å². The van der Waals surface area contributed by atoms with Crippen molar-refractivity contribution in [2.45, 2.75) is 38.2 Å². The lowest BCUT2D eigenvalue weighted by atomic mass is 9.93. The number of aromatic nitrogens is 1. The maximum atomic E-state index is 13.5. The van der Waals surface area contributed by atoms with E-state index >= 15 is 0 Å². The number of hydrogen-bond acceptors (Lipinski definition) is 8. The average Bonchev–Trinajstić information content (AvgIpc) is 3.30. The molecule has 2 aromatic rings. The van der Waals surface area contributed by atoms with Gasteiger partial charge in [-0.25, -0.2) is 9.59 Å². The summed E-state index contributed by atoms with van der Waals surface area (Å²) < 4.78 is 20.3. The molecule has 2 heterocycles. The monoisotopic (exact) mass is 419 g/mol. The fourth-order valence-electron chi connectivity index (χ4n) is 3.28. The molecule has 1 aromatic heterocycles. The lowest BCUT2D eigenvalue weighted by Gasteiger charge is -2.12. The van der Waals surface area contributed by atoms with Crippen LogP contribution in [0.5, 0.6) is 0 Å². The van der Waals surface area contributed by atoms with E-state index in [1.54, 1.807) is 25.1 Å². The fourth-order valence-corrected chi connectivity index (χ4v) is 3.48. The van der Waals surface area contributed by atoms with Gasteiger partial charge in [0, 0.05) is 22.9 Å². The smallest absolute Gasteiger partial charge is 0.461 e. The molecule has 4 rings (SSSR count). The van der Waals surface area contributed by atoms with E-state index in [1.165, 1.54) is 0 Å². The zero-order chi connectivity index (χ0) is 20.5. The maximum Gasteiger partial charge on any atom is 0.508 e. The Bertz CT molecular complexity index is 979. The highest BCUT2D eigenvalue weighted by molar-refractivity contribution is 6.31. The highest BCUT2D eigenvalue weighted by atomic mass is 35.5. The molecule has 0 spiro atoms. The van der Waals surface area contributed by atoms with Crippen molar-refractivity contribution in [2.24, 2.45) is 0 Å². The highest BCUT2D eigenvalue weighted by Gasteiger charge is 2.38. The summed E-state index contributed by atoms with van der Waals surface area (Å²) in [4.78, 5) is 37.0. The lowest BCUT2D eigenvalue weighted by Crippen LogP contribution is -2.18. The molecule has 1 saturated carbocycles. The van der Waals surface area contributed by atoms with Gasteiger partial charge in [-0.3, -0.25) is 4.79 Å². The van der Waals surface area contributed by atoms with Crippen LogP contribution in [0.15, 0.2) is 22.7 Å². The fraction of sp³-hybridized carbons (Fsp3) is 0.400. The molecule has 0 N–H and O–H groups in total. The van der Waals surface area contributed by atoms with Crippen LogP contribution in [0, 0.1) is 0 Å². The van der Waals surface area contributed by atoms with E-state index in [4.69, 9.17) is 30.3 Å². The van der Waals surface area contributed by atoms with E-state index in [0.29, 0.717) is 21.9 Å². The highest BCUT2D eigenvalue weighted by Crippen LogP contribution is 2.43. The van der Waals surface area contributed by atoms with Gasteiger partial charge in [0.05, 0.1) is 6.61 Å². The SMILES string of the molecule is CCOC(=O)c1noc(C2CC2)c1C(=O)c1ccc(Cl)cc1CC1COC(=O)O1. The summed E-state index contributed by atoms with van der Waals surface area (Å²) in [6.07, 6.45) is 0.694. The van der Waals surface area contributed by atoms with E-state index in [0.717, 1.165) is 12.8 Å². The van der Waals surface area contributed by atoms with Gasteiger partial charge in [-0.05, 0) is 43.5 Å².